The summed E-state index contributed by atoms with van der Waals surface area (Å²) in [7, 11) is 1.61. The van der Waals surface area contributed by atoms with Gasteiger partial charge in [-0.1, -0.05) is 11.8 Å². The third kappa shape index (κ3) is 3.16. The Balaban J connectivity index is 1.86. The van der Waals surface area contributed by atoms with Gasteiger partial charge in [0, 0.05) is 15.8 Å². The molecule has 124 valence electrons. The van der Waals surface area contributed by atoms with E-state index in [1.165, 1.54) is 22.2 Å². The number of aromatic nitrogens is 2. The van der Waals surface area contributed by atoms with Gasteiger partial charge in [0.1, 0.15) is 21.9 Å². The first-order chi connectivity index (χ1) is 11.5. The third-order valence-electron chi connectivity index (χ3n) is 3.96. The molecule has 0 amide bonds. The number of benzene rings is 1. The largest absolute Gasteiger partial charge is 0.497 e. The van der Waals surface area contributed by atoms with Crippen molar-refractivity contribution < 1.29 is 9.53 Å². The molecule has 0 N–H and O–H groups in total. The summed E-state index contributed by atoms with van der Waals surface area (Å²) >= 11 is 3.15. The number of Topliss-reactive ketones (excluding diaryl/α,β-unsaturated/α-hetero) is 1. The van der Waals surface area contributed by atoms with Crippen LogP contribution in [-0.2, 0) is 0 Å². The predicted molar refractivity (Wildman–Crippen MR) is 99.5 cm³/mol. The van der Waals surface area contributed by atoms with Crippen molar-refractivity contribution >= 4 is 39.1 Å². The summed E-state index contributed by atoms with van der Waals surface area (Å²) in [5.41, 5.74) is 1.88. The number of nitrogens with zero attached hydrogens (tertiary/aromatic N) is 2. The Morgan fingerprint density at radius 3 is 2.58 bits per heavy atom. The van der Waals surface area contributed by atoms with Gasteiger partial charge in [0.25, 0.3) is 0 Å². The lowest BCUT2D eigenvalue weighted by Gasteiger charge is -2.11. The quantitative estimate of drug-likeness (QED) is 0.376. The van der Waals surface area contributed by atoms with E-state index in [2.05, 4.69) is 23.8 Å². The summed E-state index contributed by atoms with van der Waals surface area (Å²) in [5.74, 6) is 0.827. The summed E-state index contributed by atoms with van der Waals surface area (Å²) in [6.45, 7) is 6.08. The maximum Gasteiger partial charge on any atom is 0.175 e. The van der Waals surface area contributed by atoms with Gasteiger partial charge in [0.2, 0.25) is 0 Å². The zero-order valence-electron chi connectivity index (χ0n) is 14.0. The van der Waals surface area contributed by atoms with Crippen molar-refractivity contribution in [3.63, 3.8) is 0 Å². The fourth-order valence-corrected chi connectivity index (χ4v) is 4.57. The number of rotatable bonds is 5. The van der Waals surface area contributed by atoms with Crippen LogP contribution in [-0.4, -0.2) is 28.1 Å². The number of hydrogen-bond donors (Lipinski definition) is 0. The maximum absolute atomic E-state index is 12.7. The molecule has 0 fully saturated rings. The van der Waals surface area contributed by atoms with Crippen LogP contribution in [0, 0.1) is 13.8 Å². The first-order valence-corrected chi connectivity index (χ1v) is 9.26. The van der Waals surface area contributed by atoms with E-state index < -0.39 is 0 Å². The SMILES string of the molecule is COc1ccc(C(=O)[C@@H](C)Sc2ncnc3sc(C)c(C)c23)cc1. The van der Waals surface area contributed by atoms with E-state index in [0.29, 0.717) is 5.56 Å². The van der Waals surface area contributed by atoms with Crippen LogP contribution in [0.3, 0.4) is 0 Å². The molecule has 3 aromatic rings. The normalized spacial score (nSPS) is 12.3. The van der Waals surface area contributed by atoms with Crippen molar-refractivity contribution in [1.82, 2.24) is 9.97 Å². The van der Waals surface area contributed by atoms with E-state index in [1.54, 1.807) is 49.0 Å². The molecule has 0 saturated carbocycles. The lowest BCUT2D eigenvalue weighted by Crippen LogP contribution is -2.13. The fourth-order valence-electron chi connectivity index (χ4n) is 2.45. The molecule has 1 aromatic carbocycles. The number of carbonyl (C=O) groups excluding carboxylic acids is 1. The molecular weight excluding hydrogens is 340 g/mol. The van der Waals surface area contributed by atoms with Crippen molar-refractivity contribution in [2.45, 2.75) is 31.0 Å². The molecule has 2 heterocycles. The highest BCUT2D eigenvalue weighted by Gasteiger charge is 2.20. The fraction of sp³-hybridized carbons (Fsp3) is 0.278. The zero-order valence-corrected chi connectivity index (χ0v) is 15.6. The molecule has 0 spiro atoms. The summed E-state index contributed by atoms with van der Waals surface area (Å²) in [6, 6.07) is 7.21. The van der Waals surface area contributed by atoms with Crippen LogP contribution in [0.4, 0.5) is 0 Å². The van der Waals surface area contributed by atoms with Crippen molar-refractivity contribution in [3.8, 4) is 5.75 Å². The molecular formula is C18H18N2O2S2. The van der Waals surface area contributed by atoms with E-state index in [1.807, 2.05) is 6.92 Å². The topological polar surface area (TPSA) is 52.1 Å². The number of thiophene rings is 1. The standard InChI is InChI=1S/C18H18N2O2S2/c1-10-11(2)23-17-15(10)18(20-9-19-17)24-12(3)16(21)13-5-7-14(22-4)8-6-13/h5-9,12H,1-4H3/t12-/m1/s1. The second kappa shape index (κ2) is 6.91. The van der Waals surface area contributed by atoms with Crippen molar-refractivity contribution in [2.75, 3.05) is 7.11 Å². The van der Waals surface area contributed by atoms with Gasteiger partial charge < -0.3 is 4.74 Å². The summed E-state index contributed by atoms with van der Waals surface area (Å²) in [4.78, 5) is 23.6. The molecule has 0 bridgehead atoms. The molecule has 0 aliphatic rings. The summed E-state index contributed by atoms with van der Waals surface area (Å²) in [5, 5.41) is 1.71. The Kier molecular flexibility index (Phi) is 4.87. The maximum atomic E-state index is 12.7. The van der Waals surface area contributed by atoms with Crippen molar-refractivity contribution in [1.29, 1.82) is 0 Å². The minimum absolute atomic E-state index is 0.0824. The first-order valence-electron chi connectivity index (χ1n) is 7.57. The Bertz CT molecular complexity index is 888. The Morgan fingerprint density at radius 2 is 1.92 bits per heavy atom. The molecule has 3 rings (SSSR count). The van der Waals surface area contributed by atoms with Gasteiger partial charge in [-0.3, -0.25) is 4.79 Å². The van der Waals surface area contributed by atoms with Gasteiger partial charge in [-0.25, -0.2) is 9.97 Å². The lowest BCUT2D eigenvalue weighted by atomic mass is 10.1. The average molecular weight is 358 g/mol. The van der Waals surface area contributed by atoms with E-state index in [9.17, 15) is 4.79 Å². The Hall–Kier alpha value is -1.92. The van der Waals surface area contributed by atoms with Gasteiger partial charge in [-0.15, -0.1) is 11.3 Å². The molecule has 0 aliphatic carbocycles. The van der Waals surface area contributed by atoms with Crippen LogP contribution in [0.2, 0.25) is 0 Å². The number of ether oxygens (including phenoxy) is 1. The van der Waals surface area contributed by atoms with Crippen LogP contribution >= 0.6 is 23.1 Å². The van der Waals surface area contributed by atoms with Gasteiger partial charge in [-0.05, 0) is 50.6 Å². The molecule has 1 atom stereocenters. The lowest BCUT2D eigenvalue weighted by molar-refractivity contribution is 0.0994. The predicted octanol–water partition coefficient (Wildman–Crippen LogP) is 4.68. The molecule has 6 heteroatoms. The number of thioether (sulfide) groups is 1. The smallest absolute Gasteiger partial charge is 0.175 e. The zero-order chi connectivity index (χ0) is 17.3. The second-order valence-electron chi connectivity index (χ2n) is 5.50. The minimum Gasteiger partial charge on any atom is -0.497 e. The number of hydrogen-bond acceptors (Lipinski definition) is 6. The van der Waals surface area contributed by atoms with Gasteiger partial charge in [0.15, 0.2) is 5.78 Å². The van der Waals surface area contributed by atoms with Crippen LogP contribution in [0.25, 0.3) is 10.2 Å². The summed E-state index contributed by atoms with van der Waals surface area (Å²) < 4.78 is 5.14. The monoisotopic (exact) mass is 358 g/mol. The Labute approximate surface area is 149 Å². The van der Waals surface area contributed by atoms with E-state index in [4.69, 9.17) is 4.74 Å². The second-order valence-corrected chi connectivity index (χ2v) is 8.03. The van der Waals surface area contributed by atoms with Gasteiger partial charge in [-0.2, -0.15) is 0 Å². The minimum atomic E-state index is -0.226. The van der Waals surface area contributed by atoms with Crippen molar-refractivity contribution in [2.24, 2.45) is 0 Å². The van der Waals surface area contributed by atoms with Crippen molar-refractivity contribution in [3.05, 3.63) is 46.6 Å². The number of methoxy groups -OCH3 is 1. The third-order valence-corrected chi connectivity index (χ3v) is 6.18. The highest BCUT2D eigenvalue weighted by Crippen LogP contribution is 2.36. The molecule has 0 radical (unpaired) electrons. The molecule has 4 nitrogen and oxygen atoms in total. The molecule has 24 heavy (non-hydrogen) atoms. The molecule has 0 saturated heterocycles. The molecule has 0 unspecified atom stereocenters. The van der Waals surface area contributed by atoms with E-state index in [-0.39, 0.29) is 11.0 Å². The molecule has 2 aromatic heterocycles. The number of carbonyl (C=O) groups is 1. The first kappa shape index (κ1) is 16.9. The number of fused-ring (bicyclic) bond motifs is 1. The molecule has 0 aliphatic heterocycles. The van der Waals surface area contributed by atoms with Crippen LogP contribution in [0.15, 0.2) is 35.6 Å². The van der Waals surface area contributed by atoms with E-state index >= 15 is 0 Å². The van der Waals surface area contributed by atoms with E-state index in [0.717, 1.165) is 21.0 Å². The highest BCUT2D eigenvalue weighted by atomic mass is 32.2. The number of aryl methyl sites for hydroxylation is 2. The van der Waals surface area contributed by atoms with Crippen LogP contribution < -0.4 is 4.74 Å². The van der Waals surface area contributed by atoms with Gasteiger partial charge >= 0.3 is 0 Å². The number of ketones is 1. The van der Waals surface area contributed by atoms with Crippen LogP contribution in [0.1, 0.15) is 27.7 Å². The highest BCUT2D eigenvalue weighted by molar-refractivity contribution is 8.00. The van der Waals surface area contributed by atoms with Crippen LogP contribution in [0.5, 0.6) is 5.75 Å². The Morgan fingerprint density at radius 1 is 1.21 bits per heavy atom. The average Bonchev–Trinajstić information content (AvgIpc) is 2.89. The van der Waals surface area contributed by atoms with Gasteiger partial charge in [0.05, 0.1) is 12.4 Å². The summed E-state index contributed by atoms with van der Waals surface area (Å²) in [6.07, 6.45) is 1.57.